The molecule has 0 saturated carbocycles. The smallest absolute Gasteiger partial charge is 0.229 e. The number of amides is 1. The fourth-order valence-electron chi connectivity index (χ4n) is 4.51. The minimum absolute atomic E-state index is 0.230. The molecule has 2 aromatic carbocycles. The molecular weight excluding hydrogens is 364 g/mol. The van der Waals surface area contributed by atoms with E-state index in [0.717, 1.165) is 25.9 Å². The Morgan fingerprint density at radius 2 is 1.57 bits per heavy atom. The molecule has 2 aromatic rings. The van der Waals surface area contributed by atoms with Gasteiger partial charge in [-0.2, -0.15) is 11.8 Å². The van der Waals surface area contributed by atoms with E-state index in [2.05, 4.69) is 70.5 Å². The molecule has 2 saturated heterocycles. The number of likely N-dealkylation sites (tertiary alicyclic amines) is 1. The molecule has 148 valence electrons. The Bertz CT molecular complexity index is 753. The lowest BCUT2D eigenvalue weighted by Gasteiger charge is -2.53. The molecule has 4 heteroatoms. The molecule has 3 nitrogen and oxygen atoms in total. The van der Waals surface area contributed by atoms with Crippen LogP contribution in [0.2, 0.25) is 0 Å². The number of nitrogens with one attached hydrogen (secondary N) is 1. The Kier molecular flexibility index (Phi) is 6.38. The van der Waals surface area contributed by atoms with Crippen molar-refractivity contribution in [3.8, 4) is 0 Å². The summed E-state index contributed by atoms with van der Waals surface area (Å²) in [4.78, 5) is 15.8. The molecule has 0 spiro atoms. The van der Waals surface area contributed by atoms with Gasteiger partial charge in [-0.05, 0) is 48.3 Å². The molecule has 4 rings (SSSR count). The van der Waals surface area contributed by atoms with Crippen molar-refractivity contribution in [1.29, 1.82) is 0 Å². The van der Waals surface area contributed by atoms with Crippen LogP contribution in [0.3, 0.4) is 0 Å². The number of hydrogen-bond acceptors (Lipinski definition) is 3. The molecule has 2 fully saturated rings. The van der Waals surface area contributed by atoms with Gasteiger partial charge in [0.2, 0.25) is 5.91 Å². The lowest BCUT2D eigenvalue weighted by molar-refractivity contribution is -0.144. The maximum atomic E-state index is 13.2. The van der Waals surface area contributed by atoms with Crippen molar-refractivity contribution in [2.24, 2.45) is 5.41 Å². The van der Waals surface area contributed by atoms with E-state index in [1.807, 2.05) is 12.1 Å². The van der Waals surface area contributed by atoms with Crippen molar-refractivity contribution in [2.75, 3.05) is 31.1 Å². The van der Waals surface area contributed by atoms with Crippen molar-refractivity contribution in [2.45, 2.75) is 31.7 Å². The lowest BCUT2D eigenvalue weighted by Crippen LogP contribution is -2.66. The summed E-state index contributed by atoms with van der Waals surface area (Å²) in [5.74, 6) is 2.75. The van der Waals surface area contributed by atoms with Gasteiger partial charge >= 0.3 is 0 Å². The SMILES string of the molecule is O=C(NCCc1ccccc1)C1(Cc2ccccc2)CN(C2CCSCC2)C1. The second kappa shape index (κ2) is 9.15. The fraction of sp³-hybridized carbons (Fsp3) is 0.458. The molecule has 0 radical (unpaired) electrons. The highest BCUT2D eigenvalue weighted by molar-refractivity contribution is 7.99. The molecule has 2 aliphatic heterocycles. The third-order valence-corrected chi connectivity index (χ3v) is 7.18. The molecule has 0 aliphatic carbocycles. The van der Waals surface area contributed by atoms with Crippen LogP contribution in [-0.4, -0.2) is 48.0 Å². The van der Waals surface area contributed by atoms with E-state index in [-0.39, 0.29) is 11.3 Å². The van der Waals surface area contributed by atoms with Crippen molar-refractivity contribution < 1.29 is 4.79 Å². The molecule has 0 aromatic heterocycles. The number of thioether (sulfide) groups is 1. The highest BCUT2D eigenvalue weighted by Gasteiger charge is 2.50. The highest BCUT2D eigenvalue weighted by Crippen LogP contribution is 2.38. The molecule has 0 bridgehead atoms. The summed E-state index contributed by atoms with van der Waals surface area (Å²) in [6.45, 7) is 2.50. The van der Waals surface area contributed by atoms with Gasteiger partial charge in [-0.25, -0.2) is 0 Å². The second-order valence-electron chi connectivity index (χ2n) is 8.18. The quantitative estimate of drug-likeness (QED) is 0.776. The Morgan fingerprint density at radius 1 is 0.964 bits per heavy atom. The molecule has 1 N–H and O–H groups in total. The average Bonchev–Trinajstić information content (AvgIpc) is 2.72. The summed E-state index contributed by atoms with van der Waals surface area (Å²) in [6, 6.07) is 21.6. The molecular formula is C24H30N2OS. The van der Waals surface area contributed by atoms with E-state index >= 15 is 0 Å². The molecule has 1 amide bonds. The largest absolute Gasteiger partial charge is 0.355 e. The third kappa shape index (κ3) is 4.61. The lowest BCUT2D eigenvalue weighted by atomic mass is 9.72. The summed E-state index contributed by atoms with van der Waals surface area (Å²) in [7, 11) is 0. The van der Waals surface area contributed by atoms with Gasteiger partial charge in [-0.3, -0.25) is 9.69 Å². The van der Waals surface area contributed by atoms with E-state index in [0.29, 0.717) is 12.6 Å². The van der Waals surface area contributed by atoms with E-state index in [4.69, 9.17) is 0 Å². The van der Waals surface area contributed by atoms with Crippen LogP contribution in [0.25, 0.3) is 0 Å². The molecule has 2 aliphatic rings. The van der Waals surface area contributed by atoms with Crippen LogP contribution in [0.1, 0.15) is 24.0 Å². The Labute approximate surface area is 172 Å². The Balaban J connectivity index is 1.39. The van der Waals surface area contributed by atoms with Gasteiger partial charge in [0.25, 0.3) is 0 Å². The maximum Gasteiger partial charge on any atom is 0.229 e. The van der Waals surface area contributed by atoms with Crippen LogP contribution in [0.4, 0.5) is 0 Å². The van der Waals surface area contributed by atoms with Gasteiger partial charge in [0, 0.05) is 25.7 Å². The number of benzene rings is 2. The zero-order valence-corrected chi connectivity index (χ0v) is 17.3. The summed E-state index contributed by atoms with van der Waals surface area (Å²) in [5.41, 5.74) is 2.26. The fourth-order valence-corrected chi connectivity index (χ4v) is 5.60. The molecule has 0 unspecified atom stereocenters. The highest BCUT2D eigenvalue weighted by atomic mass is 32.2. The van der Waals surface area contributed by atoms with E-state index in [1.54, 1.807) is 0 Å². The summed E-state index contributed by atoms with van der Waals surface area (Å²) < 4.78 is 0. The van der Waals surface area contributed by atoms with Gasteiger partial charge in [0.05, 0.1) is 5.41 Å². The van der Waals surface area contributed by atoms with Crippen LogP contribution in [0, 0.1) is 5.41 Å². The number of rotatable bonds is 7. The number of nitrogens with zero attached hydrogens (tertiary/aromatic N) is 1. The predicted octanol–water partition coefficient (Wildman–Crippen LogP) is 3.79. The van der Waals surface area contributed by atoms with E-state index in [9.17, 15) is 4.79 Å². The molecule has 0 atom stereocenters. The first-order chi connectivity index (χ1) is 13.8. The van der Waals surface area contributed by atoms with Gasteiger partial charge in [0.15, 0.2) is 0 Å². The first-order valence-corrected chi connectivity index (χ1v) is 11.6. The van der Waals surface area contributed by atoms with Gasteiger partial charge in [-0.1, -0.05) is 60.7 Å². The Morgan fingerprint density at radius 3 is 2.21 bits per heavy atom. The van der Waals surface area contributed by atoms with Crippen LogP contribution >= 0.6 is 11.8 Å². The maximum absolute atomic E-state index is 13.2. The van der Waals surface area contributed by atoms with Gasteiger partial charge in [0.1, 0.15) is 0 Å². The number of hydrogen-bond donors (Lipinski definition) is 1. The summed E-state index contributed by atoms with van der Waals surface area (Å²) >= 11 is 2.06. The third-order valence-electron chi connectivity index (χ3n) is 6.13. The van der Waals surface area contributed by atoms with Crippen LogP contribution in [0.5, 0.6) is 0 Å². The minimum Gasteiger partial charge on any atom is -0.355 e. The zero-order valence-electron chi connectivity index (χ0n) is 16.5. The summed E-state index contributed by atoms with van der Waals surface area (Å²) in [5, 5.41) is 3.25. The first kappa shape index (κ1) is 19.5. The van der Waals surface area contributed by atoms with Crippen molar-refractivity contribution in [3.63, 3.8) is 0 Å². The van der Waals surface area contributed by atoms with Crippen molar-refractivity contribution >= 4 is 17.7 Å². The topological polar surface area (TPSA) is 32.3 Å². The van der Waals surface area contributed by atoms with Gasteiger partial charge < -0.3 is 5.32 Å². The molecule has 28 heavy (non-hydrogen) atoms. The monoisotopic (exact) mass is 394 g/mol. The second-order valence-corrected chi connectivity index (χ2v) is 9.41. The Hall–Kier alpha value is -1.78. The van der Waals surface area contributed by atoms with E-state index < -0.39 is 0 Å². The zero-order chi connectivity index (χ0) is 19.2. The number of carbonyl (C=O) groups excluding carboxylic acids is 1. The standard InChI is InChI=1S/C24H30N2OS/c27-23(25-14-11-20-7-3-1-4-8-20)24(17-21-9-5-2-6-10-21)18-26(19-24)22-12-15-28-16-13-22/h1-10,22H,11-19H2,(H,25,27). The summed E-state index contributed by atoms with van der Waals surface area (Å²) in [6.07, 6.45) is 4.25. The van der Waals surface area contributed by atoms with Crippen LogP contribution in [0.15, 0.2) is 60.7 Å². The van der Waals surface area contributed by atoms with Crippen molar-refractivity contribution in [3.05, 3.63) is 71.8 Å². The van der Waals surface area contributed by atoms with Gasteiger partial charge in [-0.15, -0.1) is 0 Å². The normalized spacial score (nSPS) is 19.7. The first-order valence-electron chi connectivity index (χ1n) is 10.4. The number of carbonyl (C=O) groups is 1. The van der Waals surface area contributed by atoms with Crippen LogP contribution in [-0.2, 0) is 17.6 Å². The minimum atomic E-state index is -0.275. The average molecular weight is 395 g/mol. The van der Waals surface area contributed by atoms with Crippen molar-refractivity contribution in [1.82, 2.24) is 10.2 Å². The predicted molar refractivity (Wildman–Crippen MR) is 118 cm³/mol. The van der Waals surface area contributed by atoms with Crippen LogP contribution < -0.4 is 5.32 Å². The van der Waals surface area contributed by atoms with E-state index in [1.165, 1.54) is 35.5 Å². The molecule has 2 heterocycles.